The van der Waals surface area contributed by atoms with Crippen LogP contribution in [0.3, 0.4) is 0 Å². The molecule has 4 heterocycles. The molecule has 0 radical (unpaired) electrons. The van der Waals surface area contributed by atoms with Crippen molar-refractivity contribution in [3.63, 3.8) is 0 Å². The summed E-state index contributed by atoms with van der Waals surface area (Å²) in [5.41, 5.74) is 2.35. The first-order valence-corrected chi connectivity index (χ1v) is 15.0. The minimum atomic E-state index is -5.19. The molecule has 0 saturated carbocycles. The van der Waals surface area contributed by atoms with E-state index in [0.717, 1.165) is 16.5 Å². The van der Waals surface area contributed by atoms with E-state index in [2.05, 4.69) is 19.2 Å². The van der Waals surface area contributed by atoms with E-state index in [1.54, 1.807) is 27.6 Å². The molecule has 240 valence electrons. The molecule has 2 aromatic carbocycles. The van der Waals surface area contributed by atoms with Crippen molar-refractivity contribution in [1.29, 1.82) is 0 Å². The van der Waals surface area contributed by atoms with Crippen molar-refractivity contribution in [2.24, 2.45) is 0 Å². The Kier molecular flexibility index (Phi) is 9.65. The molecule has 10 nitrogen and oxygen atoms in total. The smallest absolute Gasteiger partial charge is 0.430 e. The zero-order valence-corrected chi connectivity index (χ0v) is 25.7. The van der Waals surface area contributed by atoms with Gasteiger partial charge in [0, 0.05) is 18.3 Å². The Labute approximate surface area is 271 Å². The molecule has 0 bridgehead atoms. The molecule has 0 unspecified atom stereocenters. The number of aromatic nitrogens is 4. The number of halogens is 6. The number of rotatable bonds is 5. The van der Waals surface area contributed by atoms with Gasteiger partial charge in [0.2, 0.25) is 0 Å². The molecule has 17 heteroatoms. The van der Waals surface area contributed by atoms with Crippen LogP contribution < -0.4 is 20.5 Å². The second-order valence-corrected chi connectivity index (χ2v) is 11.5. The van der Waals surface area contributed by atoms with E-state index >= 15 is 0 Å². The van der Waals surface area contributed by atoms with E-state index in [1.807, 2.05) is 30.3 Å². The predicted octanol–water partition coefficient (Wildman–Crippen LogP) is 3.86. The fourth-order valence-corrected chi connectivity index (χ4v) is 5.97. The van der Waals surface area contributed by atoms with Crippen molar-refractivity contribution in [3.05, 3.63) is 104 Å². The van der Waals surface area contributed by atoms with Crippen LogP contribution in [0.4, 0.5) is 22.7 Å². The number of alkyl halides is 3. The van der Waals surface area contributed by atoms with Gasteiger partial charge in [-0.15, -0.1) is 0 Å². The molecule has 1 aliphatic rings. The maximum atomic E-state index is 14.8. The van der Waals surface area contributed by atoms with Gasteiger partial charge >= 0.3 is 11.3 Å². The van der Waals surface area contributed by atoms with Crippen molar-refractivity contribution in [2.45, 2.75) is 12.6 Å². The maximum Gasteiger partial charge on any atom is 0.430 e. The van der Waals surface area contributed by atoms with Crippen LogP contribution in [0, 0.1) is 5.82 Å². The number of anilines is 1. The van der Waals surface area contributed by atoms with E-state index < -0.39 is 18.0 Å². The van der Waals surface area contributed by atoms with Gasteiger partial charge in [-0.05, 0) is 40.3 Å². The van der Waals surface area contributed by atoms with Gasteiger partial charge in [0.15, 0.2) is 0 Å². The third-order valence-electron chi connectivity index (χ3n) is 7.02. The Morgan fingerprint density at radius 2 is 1.72 bits per heavy atom. The molecule has 1 amide bonds. The van der Waals surface area contributed by atoms with Crippen LogP contribution in [-0.4, -0.2) is 62.9 Å². The van der Waals surface area contributed by atoms with Crippen molar-refractivity contribution >= 4 is 57.3 Å². The van der Waals surface area contributed by atoms with Gasteiger partial charge in [-0.1, -0.05) is 47.5 Å². The van der Waals surface area contributed by atoms with Gasteiger partial charge in [-0.2, -0.15) is 13.2 Å². The number of carboxylic acids is 1. The lowest BCUT2D eigenvalue weighted by molar-refractivity contribution is -0.347. The highest BCUT2D eigenvalue weighted by Crippen LogP contribution is 2.27. The zero-order chi connectivity index (χ0) is 33.2. The lowest BCUT2D eigenvalue weighted by Crippen LogP contribution is -2.49. The monoisotopic (exact) mass is 696 g/mol. The number of aromatic amines is 2. The second-order valence-electron chi connectivity index (χ2n) is 10.00. The van der Waals surface area contributed by atoms with Crippen LogP contribution in [0.25, 0.3) is 16.9 Å². The quantitative estimate of drug-likeness (QED) is 0.278. The number of carbonyl (C=O) groups is 2. The molecule has 46 heavy (non-hydrogen) atoms. The molecule has 2 N–H and O–H groups in total. The number of aliphatic carboxylic acids is 1. The summed E-state index contributed by atoms with van der Waals surface area (Å²) in [4.78, 5) is 44.2. The first kappa shape index (κ1) is 32.9. The zero-order valence-electron chi connectivity index (χ0n) is 23.4. The lowest BCUT2D eigenvalue weighted by Gasteiger charge is -2.31. The van der Waals surface area contributed by atoms with E-state index in [-0.39, 0.29) is 27.2 Å². The fraction of sp³-hybridized carbons (Fsp3) is 0.207. The maximum absolute atomic E-state index is 14.8. The summed E-state index contributed by atoms with van der Waals surface area (Å²) in [5, 5.41) is 10.2. The first-order chi connectivity index (χ1) is 21.8. The van der Waals surface area contributed by atoms with Crippen LogP contribution in [-0.2, 0) is 11.2 Å². The summed E-state index contributed by atoms with van der Waals surface area (Å²) in [6.07, 6.45) is -3.35. The molecular weight excluding hydrogens is 675 g/mol. The number of nitrogens with one attached hydrogen (secondary N) is 2. The van der Waals surface area contributed by atoms with Crippen molar-refractivity contribution in [1.82, 2.24) is 18.7 Å². The molecule has 5 aromatic rings. The number of carboxylic acid groups (broad SMARTS) is 1. The van der Waals surface area contributed by atoms with Crippen molar-refractivity contribution < 1.29 is 37.2 Å². The minimum absolute atomic E-state index is 0.00831. The van der Waals surface area contributed by atoms with Gasteiger partial charge in [0.05, 0.1) is 42.3 Å². The summed E-state index contributed by atoms with van der Waals surface area (Å²) in [7, 11) is 0. The fourth-order valence-electron chi connectivity index (χ4n) is 4.75. The number of benzene rings is 2. The van der Waals surface area contributed by atoms with Crippen LogP contribution in [0.1, 0.15) is 21.6 Å². The number of piperazine rings is 1. The van der Waals surface area contributed by atoms with Crippen LogP contribution >= 0.6 is 34.7 Å². The Morgan fingerprint density at radius 1 is 1.04 bits per heavy atom. The van der Waals surface area contributed by atoms with Crippen molar-refractivity contribution in [2.75, 3.05) is 31.1 Å². The summed E-state index contributed by atoms with van der Waals surface area (Å²) in [6, 6.07) is 15.9. The van der Waals surface area contributed by atoms with Gasteiger partial charge in [0.1, 0.15) is 34.0 Å². The molecular formula is C29H22Cl2F4N6O4S. The van der Waals surface area contributed by atoms with Crippen LogP contribution in [0.2, 0.25) is 10.2 Å². The normalized spacial score (nSPS) is 13.4. The molecule has 6 rings (SSSR count). The van der Waals surface area contributed by atoms with Crippen LogP contribution in [0.15, 0.2) is 65.6 Å². The summed E-state index contributed by atoms with van der Waals surface area (Å²) >= 11 is 13.8. The standard InChI is InChI=1S/C27H21Cl2FN6O2S.C2HF3O2/c28-20-14-22-25(37)31-15-18(36(22)23(20)29)12-16-6-7-21(30)19(13-16)26(38)34-8-10-35(11-9-34)27-32-24(33-39-27)17-4-2-1-3-5-17;3-2(4,5)1(6)7/h1-7,13-15H,8-12H2,(H,31,37);(H,6,7). The van der Waals surface area contributed by atoms with E-state index in [0.29, 0.717) is 49.4 Å². The lowest BCUT2D eigenvalue weighted by atomic mass is 10.0. The Morgan fingerprint density at radius 3 is 2.37 bits per heavy atom. The van der Waals surface area contributed by atoms with E-state index in [4.69, 9.17) is 33.1 Å². The molecule has 1 aliphatic heterocycles. The largest absolute Gasteiger partial charge is 0.542 e. The topological polar surface area (TPSA) is 128 Å². The van der Waals surface area contributed by atoms with Gasteiger partial charge < -0.3 is 19.8 Å². The number of hydrogen-bond donors (Lipinski definition) is 1. The highest BCUT2D eigenvalue weighted by molar-refractivity contribution is 7.09. The second kappa shape index (κ2) is 13.5. The summed E-state index contributed by atoms with van der Waals surface area (Å²) < 4.78 is 52.5. The number of amides is 1. The van der Waals surface area contributed by atoms with Gasteiger partial charge in [0.25, 0.3) is 17.3 Å². The first-order valence-electron chi connectivity index (χ1n) is 13.5. The summed E-state index contributed by atoms with van der Waals surface area (Å²) in [5.74, 6) is -3.15. The minimum Gasteiger partial charge on any atom is -0.542 e. The third kappa shape index (κ3) is 7.16. The molecule has 0 spiro atoms. The SMILES string of the molecule is O=C([O-])C(F)(F)F.O=C(c1cc(Cc2c[nH]c(=O)c3cc(Cl)c(Cl)n23)ccc1F)N1CCN(c2[nH+]c(-c3ccccc3)ns2)CC1. The van der Waals surface area contributed by atoms with Gasteiger partial charge in [-0.25, -0.2) is 9.37 Å². The number of H-pyrrole nitrogens is 2. The average Bonchev–Trinajstić information content (AvgIpc) is 3.65. The average molecular weight is 697 g/mol. The van der Waals surface area contributed by atoms with E-state index in [9.17, 15) is 27.2 Å². The van der Waals surface area contributed by atoms with Crippen molar-refractivity contribution in [3.8, 4) is 11.4 Å². The Hall–Kier alpha value is -4.47. The third-order valence-corrected chi connectivity index (χ3v) is 8.58. The molecule has 1 saturated heterocycles. The number of nitrogens with zero attached hydrogens (tertiary/aromatic N) is 4. The van der Waals surface area contributed by atoms with Crippen LogP contribution in [0.5, 0.6) is 0 Å². The number of fused-ring (bicyclic) bond motifs is 1. The van der Waals surface area contributed by atoms with E-state index in [1.165, 1.54) is 23.7 Å². The highest BCUT2D eigenvalue weighted by atomic mass is 35.5. The number of hydrogen-bond acceptors (Lipinski definition) is 7. The number of carbonyl (C=O) groups excluding carboxylic acids is 2. The highest BCUT2D eigenvalue weighted by Gasteiger charge is 2.30. The predicted molar refractivity (Wildman–Crippen MR) is 161 cm³/mol. The Balaban J connectivity index is 0.000000537. The molecule has 3 aromatic heterocycles. The molecule has 0 atom stereocenters. The molecule has 1 fully saturated rings. The van der Waals surface area contributed by atoms with Gasteiger partial charge in [-0.3, -0.25) is 18.9 Å². The molecule has 0 aliphatic carbocycles. The summed E-state index contributed by atoms with van der Waals surface area (Å²) in [6.45, 7) is 2.10. The Bertz CT molecular complexity index is 1960.